The van der Waals surface area contributed by atoms with E-state index in [1.54, 1.807) is 7.11 Å². The molecule has 2 aromatic rings. The van der Waals surface area contributed by atoms with Gasteiger partial charge in [-0.25, -0.2) is 0 Å². The van der Waals surface area contributed by atoms with E-state index in [0.717, 1.165) is 41.2 Å². The van der Waals surface area contributed by atoms with Crippen LogP contribution in [-0.4, -0.2) is 33.0 Å². The van der Waals surface area contributed by atoms with Gasteiger partial charge < -0.3 is 14.3 Å². The van der Waals surface area contributed by atoms with Gasteiger partial charge in [0.05, 0.1) is 5.69 Å². The van der Waals surface area contributed by atoms with E-state index in [-0.39, 0.29) is 5.41 Å². The zero-order valence-electron chi connectivity index (χ0n) is 12.3. The van der Waals surface area contributed by atoms with Gasteiger partial charge in [-0.15, -0.1) is 0 Å². The SMILES string of the molecule is COCCC(C)(C)Cn1c(=S)[nH]c2c(C)nn(C)c21. The Morgan fingerprint density at radius 3 is 2.74 bits per heavy atom. The van der Waals surface area contributed by atoms with E-state index in [2.05, 4.69) is 28.5 Å². The van der Waals surface area contributed by atoms with Crippen molar-refractivity contribution in [3.63, 3.8) is 0 Å². The molecule has 2 aromatic heterocycles. The molecule has 1 N–H and O–H groups in total. The molecule has 0 radical (unpaired) electrons. The lowest BCUT2D eigenvalue weighted by Gasteiger charge is -2.25. The van der Waals surface area contributed by atoms with Crippen LogP contribution in [0.3, 0.4) is 0 Å². The Morgan fingerprint density at radius 2 is 2.11 bits per heavy atom. The molecule has 0 amide bonds. The molecule has 5 nitrogen and oxygen atoms in total. The Bertz CT molecular complexity index is 635. The molecule has 0 aliphatic rings. The van der Waals surface area contributed by atoms with Crippen LogP contribution in [0.4, 0.5) is 0 Å². The Hall–Kier alpha value is -1.14. The third-order valence-corrected chi connectivity index (χ3v) is 3.82. The summed E-state index contributed by atoms with van der Waals surface area (Å²) in [7, 11) is 3.69. The number of H-pyrrole nitrogens is 1. The fourth-order valence-electron chi connectivity index (χ4n) is 2.40. The maximum absolute atomic E-state index is 5.44. The minimum absolute atomic E-state index is 0.127. The van der Waals surface area contributed by atoms with Gasteiger partial charge in [0.15, 0.2) is 10.4 Å². The molecule has 2 rings (SSSR count). The van der Waals surface area contributed by atoms with Crippen molar-refractivity contribution in [1.82, 2.24) is 19.3 Å². The quantitative estimate of drug-likeness (QED) is 0.858. The molecule has 0 atom stereocenters. The number of hydrogen-bond donors (Lipinski definition) is 1. The number of methoxy groups -OCH3 is 1. The average molecular weight is 282 g/mol. The lowest BCUT2D eigenvalue weighted by Crippen LogP contribution is -2.22. The average Bonchev–Trinajstić information content (AvgIpc) is 2.77. The molecule has 2 heterocycles. The molecule has 0 aromatic carbocycles. The van der Waals surface area contributed by atoms with Gasteiger partial charge in [-0.3, -0.25) is 4.68 Å². The van der Waals surface area contributed by atoms with E-state index < -0.39 is 0 Å². The van der Waals surface area contributed by atoms with Crippen molar-refractivity contribution < 1.29 is 4.74 Å². The Kier molecular flexibility index (Phi) is 3.82. The first-order chi connectivity index (χ1) is 8.85. The van der Waals surface area contributed by atoms with E-state index in [1.807, 2.05) is 18.7 Å². The van der Waals surface area contributed by atoms with Crippen molar-refractivity contribution >= 4 is 23.4 Å². The minimum atomic E-state index is 0.127. The lowest BCUT2D eigenvalue weighted by atomic mass is 9.89. The summed E-state index contributed by atoms with van der Waals surface area (Å²) in [6.07, 6.45) is 0.995. The largest absolute Gasteiger partial charge is 0.385 e. The van der Waals surface area contributed by atoms with E-state index in [4.69, 9.17) is 17.0 Å². The molecule has 0 saturated carbocycles. The zero-order valence-corrected chi connectivity index (χ0v) is 13.1. The van der Waals surface area contributed by atoms with E-state index in [1.165, 1.54) is 0 Å². The van der Waals surface area contributed by atoms with Crippen LogP contribution in [0.2, 0.25) is 0 Å². The number of imidazole rings is 1. The first-order valence-corrected chi connectivity index (χ1v) is 6.87. The highest BCUT2D eigenvalue weighted by atomic mass is 32.1. The number of ether oxygens (including phenoxy) is 1. The van der Waals surface area contributed by atoms with Crippen LogP contribution < -0.4 is 0 Å². The predicted molar refractivity (Wildman–Crippen MR) is 78.9 cm³/mol. The number of nitrogens with one attached hydrogen (secondary N) is 1. The van der Waals surface area contributed by atoms with Gasteiger partial charge in [0, 0.05) is 27.3 Å². The molecule has 19 heavy (non-hydrogen) atoms. The molecule has 0 saturated heterocycles. The first-order valence-electron chi connectivity index (χ1n) is 6.47. The third-order valence-electron chi connectivity index (χ3n) is 3.49. The van der Waals surface area contributed by atoms with Crippen LogP contribution in [-0.2, 0) is 18.3 Å². The minimum Gasteiger partial charge on any atom is -0.385 e. The van der Waals surface area contributed by atoms with Crippen molar-refractivity contribution in [2.75, 3.05) is 13.7 Å². The van der Waals surface area contributed by atoms with Crippen LogP contribution in [0, 0.1) is 17.1 Å². The van der Waals surface area contributed by atoms with Gasteiger partial charge in [0.1, 0.15) is 5.52 Å². The summed E-state index contributed by atoms with van der Waals surface area (Å²) in [5.41, 5.74) is 3.21. The van der Waals surface area contributed by atoms with E-state index in [9.17, 15) is 0 Å². The summed E-state index contributed by atoms with van der Waals surface area (Å²) in [5.74, 6) is 0. The van der Waals surface area contributed by atoms with Crippen molar-refractivity contribution in [2.45, 2.75) is 33.7 Å². The van der Waals surface area contributed by atoms with Gasteiger partial charge in [0.2, 0.25) is 0 Å². The number of fused-ring (bicyclic) bond motifs is 1. The molecule has 6 heteroatoms. The lowest BCUT2D eigenvalue weighted by molar-refractivity contribution is 0.143. The number of nitrogens with zero attached hydrogens (tertiary/aromatic N) is 3. The van der Waals surface area contributed by atoms with Gasteiger partial charge >= 0.3 is 0 Å². The predicted octanol–water partition coefficient (Wildman–Crippen LogP) is 2.80. The van der Waals surface area contributed by atoms with E-state index >= 15 is 0 Å². The van der Waals surface area contributed by atoms with Crippen LogP contribution >= 0.6 is 12.2 Å². The smallest absolute Gasteiger partial charge is 0.179 e. The van der Waals surface area contributed by atoms with Crippen molar-refractivity contribution in [3.8, 4) is 0 Å². The monoisotopic (exact) mass is 282 g/mol. The molecule has 0 aliphatic carbocycles. The summed E-state index contributed by atoms with van der Waals surface area (Å²) in [5, 5.41) is 4.44. The van der Waals surface area contributed by atoms with Crippen molar-refractivity contribution in [2.24, 2.45) is 12.5 Å². The molecular weight excluding hydrogens is 260 g/mol. The molecule has 0 unspecified atom stereocenters. The second-order valence-corrected chi connectivity index (χ2v) is 6.22. The topological polar surface area (TPSA) is 47.8 Å². The number of aryl methyl sites for hydroxylation is 2. The van der Waals surface area contributed by atoms with Crippen molar-refractivity contribution in [3.05, 3.63) is 10.5 Å². The fourth-order valence-corrected chi connectivity index (χ4v) is 2.66. The van der Waals surface area contributed by atoms with Gasteiger partial charge in [-0.2, -0.15) is 5.10 Å². The van der Waals surface area contributed by atoms with Crippen LogP contribution in [0.25, 0.3) is 11.2 Å². The van der Waals surface area contributed by atoms with Crippen molar-refractivity contribution in [1.29, 1.82) is 0 Å². The fraction of sp³-hybridized carbons (Fsp3) is 0.692. The Labute approximate surface area is 118 Å². The van der Waals surface area contributed by atoms with E-state index in [0.29, 0.717) is 0 Å². The molecule has 106 valence electrons. The Morgan fingerprint density at radius 1 is 1.42 bits per heavy atom. The number of aromatic amines is 1. The maximum atomic E-state index is 5.44. The molecule has 0 aliphatic heterocycles. The highest BCUT2D eigenvalue weighted by Crippen LogP contribution is 2.26. The molecule has 0 bridgehead atoms. The molecule has 0 fully saturated rings. The Balaban J connectivity index is 2.40. The number of aromatic nitrogens is 4. The molecular formula is C13H22N4OS. The normalized spacial score (nSPS) is 12.5. The second-order valence-electron chi connectivity index (χ2n) is 5.83. The second kappa shape index (κ2) is 5.09. The van der Waals surface area contributed by atoms with Gasteiger partial charge in [-0.1, -0.05) is 13.8 Å². The van der Waals surface area contributed by atoms with Gasteiger partial charge in [0.25, 0.3) is 0 Å². The zero-order chi connectivity index (χ0) is 14.2. The summed E-state index contributed by atoms with van der Waals surface area (Å²) in [6.45, 7) is 8.08. The summed E-state index contributed by atoms with van der Waals surface area (Å²) in [4.78, 5) is 3.26. The maximum Gasteiger partial charge on any atom is 0.179 e. The summed E-state index contributed by atoms with van der Waals surface area (Å²) >= 11 is 5.44. The highest BCUT2D eigenvalue weighted by Gasteiger charge is 2.22. The third kappa shape index (κ3) is 2.74. The highest BCUT2D eigenvalue weighted by molar-refractivity contribution is 7.71. The summed E-state index contributed by atoms with van der Waals surface area (Å²) in [6, 6.07) is 0. The number of hydrogen-bond acceptors (Lipinski definition) is 3. The van der Waals surface area contributed by atoms with Gasteiger partial charge in [-0.05, 0) is 31.0 Å². The van der Waals surface area contributed by atoms with Crippen LogP contribution in [0.15, 0.2) is 0 Å². The standard InChI is InChI=1S/C13H22N4OS/c1-9-10-11(16(4)15-9)17(12(19)14-10)8-13(2,3)6-7-18-5/h6-8H2,1-5H3,(H,14,19). The first kappa shape index (κ1) is 14.3. The van der Waals surface area contributed by atoms with Crippen LogP contribution in [0.1, 0.15) is 26.0 Å². The van der Waals surface area contributed by atoms with Crippen LogP contribution in [0.5, 0.6) is 0 Å². The summed E-state index contributed by atoms with van der Waals surface area (Å²) < 4.78 is 9.97. The number of rotatable bonds is 5. The molecule has 0 spiro atoms.